The predicted octanol–water partition coefficient (Wildman–Crippen LogP) is 2.16. The van der Waals surface area contributed by atoms with E-state index < -0.39 is 0 Å². The second kappa shape index (κ2) is 1.82. The van der Waals surface area contributed by atoms with E-state index in [1.807, 2.05) is 0 Å². The Morgan fingerprint density at radius 2 is 2.00 bits per heavy atom. The molecule has 0 heterocycles. The second-order valence-corrected chi connectivity index (χ2v) is 5.22. The summed E-state index contributed by atoms with van der Waals surface area (Å²) >= 11 is 0. The molecule has 0 radical (unpaired) electrons. The lowest BCUT2D eigenvalue weighted by Gasteiger charge is -2.40. The van der Waals surface area contributed by atoms with Crippen molar-refractivity contribution < 1.29 is 0 Å². The molecule has 11 heavy (non-hydrogen) atoms. The van der Waals surface area contributed by atoms with Crippen molar-refractivity contribution in [3.8, 4) is 0 Å². The lowest BCUT2D eigenvalue weighted by atomic mass is 9.68. The normalized spacial score (nSPS) is 53.5. The summed E-state index contributed by atoms with van der Waals surface area (Å²) in [6.07, 6.45) is 3.91. The molecule has 2 fully saturated rings. The molecule has 3 atom stereocenters. The molecule has 0 aliphatic heterocycles. The topological polar surface area (TPSA) is 26.0 Å². The lowest BCUT2D eigenvalue weighted by molar-refractivity contribution is 0.123. The molecule has 2 N–H and O–H groups in total. The van der Waals surface area contributed by atoms with Crippen LogP contribution >= 0.6 is 0 Å². The van der Waals surface area contributed by atoms with Gasteiger partial charge in [-0.15, -0.1) is 0 Å². The first-order valence-electron chi connectivity index (χ1n) is 4.76. The van der Waals surface area contributed by atoms with Gasteiger partial charge in [-0.2, -0.15) is 0 Å². The Hall–Kier alpha value is -0.0400. The molecular weight excluding hydrogens is 134 g/mol. The molecule has 0 unspecified atom stereocenters. The first kappa shape index (κ1) is 7.60. The SMILES string of the molecule is C[C@@H]1C(C)(C)[C@H]2CC[C@@]1(N)C2. The van der Waals surface area contributed by atoms with Gasteiger partial charge in [-0.05, 0) is 36.5 Å². The molecule has 2 bridgehead atoms. The fourth-order valence-electron chi connectivity index (χ4n) is 3.23. The first-order valence-corrected chi connectivity index (χ1v) is 4.76. The largest absolute Gasteiger partial charge is 0.325 e. The molecule has 0 aromatic carbocycles. The third-order valence-corrected chi connectivity index (χ3v) is 4.62. The zero-order valence-electron chi connectivity index (χ0n) is 7.85. The van der Waals surface area contributed by atoms with Gasteiger partial charge in [0.1, 0.15) is 0 Å². The second-order valence-electron chi connectivity index (χ2n) is 5.22. The van der Waals surface area contributed by atoms with Crippen LogP contribution in [0, 0.1) is 17.3 Å². The highest BCUT2D eigenvalue weighted by Crippen LogP contribution is 2.59. The van der Waals surface area contributed by atoms with Crippen LogP contribution in [0.2, 0.25) is 0 Å². The summed E-state index contributed by atoms with van der Waals surface area (Å²) < 4.78 is 0. The van der Waals surface area contributed by atoms with Crippen molar-refractivity contribution in [3.63, 3.8) is 0 Å². The van der Waals surface area contributed by atoms with E-state index >= 15 is 0 Å². The first-order chi connectivity index (χ1) is 4.97. The quantitative estimate of drug-likeness (QED) is 0.567. The van der Waals surface area contributed by atoms with Crippen molar-refractivity contribution in [2.24, 2.45) is 23.0 Å². The molecule has 64 valence electrons. The molecule has 0 aromatic heterocycles. The minimum atomic E-state index is 0.203. The van der Waals surface area contributed by atoms with Gasteiger partial charge < -0.3 is 5.73 Å². The van der Waals surface area contributed by atoms with E-state index in [4.69, 9.17) is 5.73 Å². The molecule has 0 spiro atoms. The third kappa shape index (κ3) is 0.752. The van der Waals surface area contributed by atoms with Crippen LogP contribution in [-0.4, -0.2) is 5.54 Å². The number of hydrogen-bond donors (Lipinski definition) is 1. The highest BCUT2D eigenvalue weighted by atomic mass is 14.8. The van der Waals surface area contributed by atoms with Crippen LogP contribution in [0.1, 0.15) is 40.0 Å². The summed E-state index contributed by atoms with van der Waals surface area (Å²) in [7, 11) is 0. The van der Waals surface area contributed by atoms with Gasteiger partial charge in [0, 0.05) is 5.54 Å². The van der Waals surface area contributed by atoms with Crippen LogP contribution in [0.3, 0.4) is 0 Å². The van der Waals surface area contributed by atoms with E-state index in [2.05, 4.69) is 20.8 Å². The van der Waals surface area contributed by atoms with Crippen molar-refractivity contribution in [1.82, 2.24) is 0 Å². The summed E-state index contributed by atoms with van der Waals surface area (Å²) in [5.74, 6) is 1.62. The van der Waals surface area contributed by atoms with E-state index in [-0.39, 0.29) is 5.54 Å². The predicted molar refractivity (Wildman–Crippen MR) is 47.2 cm³/mol. The van der Waals surface area contributed by atoms with Crippen LogP contribution < -0.4 is 5.73 Å². The lowest BCUT2D eigenvalue weighted by Crippen LogP contribution is -2.46. The van der Waals surface area contributed by atoms with E-state index in [0.717, 1.165) is 5.92 Å². The third-order valence-electron chi connectivity index (χ3n) is 4.62. The van der Waals surface area contributed by atoms with E-state index in [9.17, 15) is 0 Å². The van der Waals surface area contributed by atoms with Crippen LogP contribution in [0.25, 0.3) is 0 Å². The van der Waals surface area contributed by atoms with Gasteiger partial charge in [-0.3, -0.25) is 0 Å². The Bertz CT molecular complexity index is 181. The minimum Gasteiger partial charge on any atom is -0.325 e. The standard InChI is InChI=1S/C10H19N/c1-7-9(2,3)8-4-5-10(7,11)6-8/h7-8H,4-6,11H2,1-3H3/t7-,8+,10-/m1/s1. The molecule has 2 aliphatic carbocycles. The monoisotopic (exact) mass is 153 g/mol. The Balaban J connectivity index is 2.34. The van der Waals surface area contributed by atoms with Crippen LogP contribution in [0.15, 0.2) is 0 Å². The van der Waals surface area contributed by atoms with Crippen molar-refractivity contribution in [1.29, 1.82) is 0 Å². The zero-order chi connectivity index (χ0) is 8.28. The Kier molecular flexibility index (Phi) is 1.26. The number of nitrogens with two attached hydrogens (primary N) is 1. The van der Waals surface area contributed by atoms with Crippen molar-refractivity contribution >= 4 is 0 Å². The molecule has 0 saturated heterocycles. The molecule has 2 saturated carbocycles. The van der Waals surface area contributed by atoms with E-state index in [1.54, 1.807) is 0 Å². The average molecular weight is 153 g/mol. The molecule has 1 heteroatoms. The fraction of sp³-hybridized carbons (Fsp3) is 1.00. The molecule has 0 aromatic rings. The Morgan fingerprint density at radius 1 is 1.36 bits per heavy atom. The van der Waals surface area contributed by atoms with E-state index in [0.29, 0.717) is 11.3 Å². The summed E-state index contributed by atoms with van der Waals surface area (Å²) in [4.78, 5) is 0. The summed E-state index contributed by atoms with van der Waals surface area (Å²) in [6, 6.07) is 0. The van der Waals surface area contributed by atoms with Crippen molar-refractivity contribution in [3.05, 3.63) is 0 Å². The van der Waals surface area contributed by atoms with Gasteiger partial charge in [-0.1, -0.05) is 20.8 Å². The Morgan fingerprint density at radius 3 is 2.27 bits per heavy atom. The van der Waals surface area contributed by atoms with Gasteiger partial charge in [0.2, 0.25) is 0 Å². The van der Waals surface area contributed by atoms with Crippen molar-refractivity contribution in [2.45, 2.75) is 45.6 Å². The summed E-state index contributed by atoms with van der Waals surface area (Å²) in [5, 5.41) is 0. The van der Waals surface area contributed by atoms with E-state index in [1.165, 1.54) is 19.3 Å². The summed E-state index contributed by atoms with van der Waals surface area (Å²) in [5.41, 5.74) is 7.03. The number of hydrogen-bond acceptors (Lipinski definition) is 1. The maximum atomic E-state index is 6.32. The van der Waals surface area contributed by atoms with Gasteiger partial charge in [-0.25, -0.2) is 0 Å². The molecule has 2 rings (SSSR count). The maximum Gasteiger partial charge on any atom is 0.0188 e. The number of fused-ring (bicyclic) bond motifs is 2. The molecular formula is C10H19N. The summed E-state index contributed by atoms with van der Waals surface area (Å²) in [6.45, 7) is 7.10. The smallest absolute Gasteiger partial charge is 0.0188 e. The van der Waals surface area contributed by atoms with Crippen LogP contribution in [0.5, 0.6) is 0 Å². The van der Waals surface area contributed by atoms with Gasteiger partial charge in [0.05, 0.1) is 0 Å². The van der Waals surface area contributed by atoms with Crippen LogP contribution in [0.4, 0.5) is 0 Å². The zero-order valence-corrected chi connectivity index (χ0v) is 7.85. The van der Waals surface area contributed by atoms with Gasteiger partial charge in [0.25, 0.3) is 0 Å². The average Bonchev–Trinajstić information content (AvgIpc) is 2.36. The molecule has 1 nitrogen and oxygen atoms in total. The van der Waals surface area contributed by atoms with Gasteiger partial charge in [0.15, 0.2) is 0 Å². The highest BCUT2D eigenvalue weighted by Gasteiger charge is 2.57. The maximum absolute atomic E-state index is 6.32. The molecule has 2 aliphatic rings. The highest BCUT2D eigenvalue weighted by molar-refractivity contribution is 5.11. The van der Waals surface area contributed by atoms with Crippen LogP contribution in [-0.2, 0) is 0 Å². The Labute approximate surface area is 69.4 Å². The minimum absolute atomic E-state index is 0.203. The van der Waals surface area contributed by atoms with Gasteiger partial charge >= 0.3 is 0 Å². The van der Waals surface area contributed by atoms with Crippen molar-refractivity contribution in [2.75, 3.05) is 0 Å². The molecule has 0 amide bonds. The fourth-order valence-corrected chi connectivity index (χ4v) is 3.23. The number of rotatable bonds is 0.